The second-order valence-corrected chi connectivity index (χ2v) is 8.89. The van der Waals surface area contributed by atoms with Crippen molar-refractivity contribution in [3.8, 4) is 6.07 Å². The summed E-state index contributed by atoms with van der Waals surface area (Å²) < 4.78 is 0. The zero-order chi connectivity index (χ0) is 21.8. The molecule has 2 aromatic carbocycles. The Hall–Kier alpha value is -2.98. The molecule has 2 aliphatic rings. The number of benzene rings is 2. The van der Waals surface area contributed by atoms with Gasteiger partial charge < -0.3 is 10.2 Å². The van der Waals surface area contributed by atoms with Crippen LogP contribution in [-0.2, 0) is 9.59 Å². The molecule has 1 saturated carbocycles. The van der Waals surface area contributed by atoms with Gasteiger partial charge in [-0.2, -0.15) is 5.26 Å². The predicted octanol–water partition coefficient (Wildman–Crippen LogP) is 3.56. The highest BCUT2D eigenvalue weighted by molar-refractivity contribution is 7.98. The molecule has 0 radical (unpaired) electrons. The normalized spacial score (nSPS) is 19.4. The van der Waals surface area contributed by atoms with Gasteiger partial charge in [0.2, 0.25) is 11.8 Å². The third-order valence-electron chi connectivity index (χ3n) is 5.98. The van der Waals surface area contributed by atoms with Crippen LogP contribution in [0.2, 0.25) is 0 Å². The van der Waals surface area contributed by atoms with Gasteiger partial charge in [-0.15, -0.1) is 11.8 Å². The maximum Gasteiger partial charge on any atom is 0.247 e. The first-order valence-corrected chi connectivity index (χ1v) is 11.8. The summed E-state index contributed by atoms with van der Waals surface area (Å²) >= 11 is 1.61. The fraction of sp³-hybridized carbons (Fsp3) is 0.375. The first kappa shape index (κ1) is 21.3. The van der Waals surface area contributed by atoms with Crippen LogP contribution in [0.3, 0.4) is 0 Å². The summed E-state index contributed by atoms with van der Waals surface area (Å²) in [7, 11) is 0. The molecule has 0 aromatic heterocycles. The summed E-state index contributed by atoms with van der Waals surface area (Å²) in [6.07, 6.45) is 6.22. The summed E-state index contributed by atoms with van der Waals surface area (Å²) in [5, 5.41) is 12.4. The minimum Gasteiger partial charge on any atom is -0.360 e. The zero-order valence-corrected chi connectivity index (χ0v) is 18.4. The molecule has 2 amide bonds. The topological polar surface area (TPSA) is 76.4 Å². The average molecular weight is 435 g/mol. The van der Waals surface area contributed by atoms with E-state index in [9.17, 15) is 14.9 Å². The Morgan fingerprint density at radius 2 is 1.87 bits per heavy atom. The van der Waals surface area contributed by atoms with E-state index < -0.39 is 6.04 Å². The van der Waals surface area contributed by atoms with Crippen LogP contribution in [0.5, 0.6) is 0 Å². The van der Waals surface area contributed by atoms with Gasteiger partial charge in [-0.05, 0) is 55.5 Å². The third-order valence-corrected chi connectivity index (χ3v) is 6.70. The SMILES string of the molecule is CSc1cccc(N2C(=O)CN(c3cccc(C#N)c3)CC2C(=O)NC2CCCC2)c1. The van der Waals surface area contributed by atoms with Gasteiger partial charge in [0.1, 0.15) is 6.04 Å². The van der Waals surface area contributed by atoms with Crippen LogP contribution in [0.15, 0.2) is 53.4 Å². The Morgan fingerprint density at radius 1 is 1.13 bits per heavy atom. The number of hydrogen-bond acceptors (Lipinski definition) is 5. The molecule has 2 aromatic rings. The molecule has 1 saturated heterocycles. The quantitative estimate of drug-likeness (QED) is 0.728. The van der Waals surface area contributed by atoms with E-state index in [4.69, 9.17) is 0 Å². The van der Waals surface area contributed by atoms with Gasteiger partial charge in [-0.25, -0.2) is 0 Å². The van der Waals surface area contributed by atoms with Gasteiger partial charge in [0.25, 0.3) is 0 Å². The number of piperazine rings is 1. The molecular formula is C24H26N4O2S. The van der Waals surface area contributed by atoms with E-state index in [0.29, 0.717) is 12.1 Å². The highest BCUT2D eigenvalue weighted by atomic mass is 32.2. The van der Waals surface area contributed by atoms with Gasteiger partial charge in [-0.3, -0.25) is 14.5 Å². The number of anilines is 2. The van der Waals surface area contributed by atoms with Crippen LogP contribution in [0, 0.1) is 11.3 Å². The lowest BCUT2D eigenvalue weighted by atomic mass is 10.1. The van der Waals surface area contributed by atoms with E-state index >= 15 is 0 Å². The highest BCUT2D eigenvalue weighted by Crippen LogP contribution is 2.29. The molecular weight excluding hydrogens is 408 g/mol. The molecule has 0 bridgehead atoms. The maximum atomic E-state index is 13.3. The van der Waals surface area contributed by atoms with Crippen LogP contribution in [-0.4, -0.2) is 43.2 Å². The number of rotatable bonds is 5. The largest absolute Gasteiger partial charge is 0.360 e. The molecule has 1 unspecified atom stereocenters. The van der Waals surface area contributed by atoms with Crippen molar-refractivity contribution in [3.63, 3.8) is 0 Å². The van der Waals surface area contributed by atoms with Crippen molar-refractivity contribution < 1.29 is 9.59 Å². The first-order chi connectivity index (χ1) is 15.1. The third kappa shape index (κ3) is 4.70. The Morgan fingerprint density at radius 3 is 2.61 bits per heavy atom. The fourth-order valence-electron chi connectivity index (χ4n) is 4.39. The van der Waals surface area contributed by atoms with Crippen LogP contribution < -0.4 is 15.1 Å². The van der Waals surface area contributed by atoms with Crippen molar-refractivity contribution in [2.75, 3.05) is 29.1 Å². The number of nitrogens with zero attached hydrogens (tertiary/aromatic N) is 3. The van der Waals surface area contributed by atoms with Crippen molar-refractivity contribution in [1.29, 1.82) is 5.26 Å². The Kier molecular flexibility index (Phi) is 6.47. The number of nitrogens with one attached hydrogen (secondary N) is 1. The first-order valence-electron chi connectivity index (χ1n) is 10.6. The monoisotopic (exact) mass is 434 g/mol. The van der Waals surface area contributed by atoms with Gasteiger partial charge in [0, 0.05) is 28.9 Å². The highest BCUT2D eigenvalue weighted by Gasteiger charge is 2.39. The van der Waals surface area contributed by atoms with Crippen LogP contribution in [0.25, 0.3) is 0 Å². The molecule has 160 valence electrons. The maximum absolute atomic E-state index is 13.3. The second-order valence-electron chi connectivity index (χ2n) is 8.01. The summed E-state index contributed by atoms with van der Waals surface area (Å²) in [6.45, 7) is 0.536. The van der Waals surface area contributed by atoms with Crippen molar-refractivity contribution in [2.24, 2.45) is 0 Å². The van der Waals surface area contributed by atoms with Crippen molar-refractivity contribution in [1.82, 2.24) is 5.32 Å². The van der Waals surface area contributed by atoms with Crippen LogP contribution in [0.4, 0.5) is 11.4 Å². The van der Waals surface area contributed by atoms with Gasteiger partial charge >= 0.3 is 0 Å². The molecule has 1 heterocycles. The summed E-state index contributed by atoms with van der Waals surface area (Å²) in [5.74, 6) is -0.241. The summed E-state index contributed by atoms with van der Waals surface area (Å²) in [4.78, 5) is 31.3. The molecule has 2 fully saturated rings. The number of carbonyl (C=O) groups is 2. The van der Waals surface area contributed by atoms with Crippen molar-refractivity contribution in [2.45, 2.75) is 42.7 Å². The smallest absolute Gasteiger partial charge is 0.247 e. The molecule has 1 aliphatic carbocycles. The van der Waals surface area contributed by atoms with Crippen molar-refractivity contribution in [3.05, 3.63) is 54.1 Å². The van der Waals surface area contributed by atoms with Crippen LogP contribution in [0.1, 0.15) is 31.2 Å². The second kappa shape index (κ2) is 9.44. The summed E-state index contributed by atoms with van der Waals surface area (Å²) in [5.41, 5.74) is 2.06. The molecule has 0 spiro atoms. The molecule has 1 N–H and O–H groups in total. The Bertz CT molecular complexity index is 1010. The minimum absolute atomic E-state index is 0.115. The van der Waals surface area contributed by atoms with Crippen molar-refractivity contribution >= 4 is 35.0 Å². The van der Waals surface area contributed by atoms with Gasteiger partial charge in [0.05, 0.1) is 18.2 Å². The lowest BCUT2D eigenvalue weighted by Crippen LogP contribution is -2.62. The van der Waals surface area contributed by atoms with Gasteiger partial charge in [0.15, 0.2) is 0 Å². The lowest BCUT2D eigenvalue weighted by Gasteiger charge is -2.41. The van der Waals surface area contributed by atoms with E-state index in [1.165, 1.54) is 0 Å². The van der Waals surface area contributed by atoms with E-state index in [1.807, 2.05) is 41.5 Å². The predicted molar refractivity (Wildman–Crippen MR) is 123 cm³/mol. The summed E-state index contributed by atoms with van der Waals surface area (Å²) in [6, 6.07) is 16.6. The molecule has 6 nitrogen and oxygen atoms in total. The fourth-order valence-corrected chi connectivity index (χ4v) is 4.84. The molecule has 1 aliphatic heterocycles. The molecule has 1 atom stereocenters. The van der Waals surface area contributed by atoms with Gasteiger partial charge in [-0.1, -0.05) is 25.0 Å². The van der Waals surface area contributed by atoms with E-state index in [2.05, 4.69) is 11.4 Å². The molecule has 7 heteroatoms. The number of amides is 2. The Labute approximate surface area is 187 Å². The standard InChI is InChI=1S/C24H26N4O2S/c1-31-21-11-5-10-20(13-21)28-22(24(30)26-18-7-2-3-8-18)15-27(16-23(28)29)19-9-4-6-17(12-19)14-25/h4-6,9-13,18,22H,2-3,7-8,15-16H2,1H3,(H,26,30). The van der Waals surface area contributed by atoms with E-state index in [-0.39, 0.29) is 24.4 Å². The molecule has 31 heavy (non-hydrogen) atoms. The zero-order valence-electron chi connectivity index (χ0n) is 17.6. The number of nitriles is 1. The molecule has 4 rings (SSSR count). The lowest BCUT2D eigenvalue weighted by molar-refractivity contribution is -0.127. The van der Waals surface area contributed by atoms with E-state index in [0.717, 1.165) is 42.0 Å². The van der Waals surface area contributed by atoms with Crippen LogP contribution >= 0.6 is 11.8 Å². The average Bonchev–Trinajstić information content (AvgIpc) is 3.31. The number of carbonyl (C=O) groups excluding carboxylic acids is 2. The number of hydrogen-bond donors (Lipinski definition) is 1. The minimum atomic E-state index is -0.635. The number of thioether (sulfide) groups is 1. The Balaban J connectivity index is 1.65. The van der Waals surface area contributed by atoms with E-state index in [1.54, 1.807) is 34.9 Å².